The zero-order chi connectivity index (χ0) is 13.8. The lowest BCUT2D eigenvalue weighted by Gasteiger charge is -2.14. The lowest BCUT2D eigenvalue weighted by Crippen LogP contribution is -2.15. The highest BCUT2D eigenvalue weighted by atomic mass is 35.5. The van der Waals surface area contributed by atoms with E-state index < -0.39 is 6.04 Å². The fourth-order valence-corrected chi connectivity index (χ4v) is 2.16. The first-order valence-corrected chi connectivity index (χ1v) is 6.17. The van der Waals surface area contributed by atoms with Gasteiger partial charge in [0.25, 0.3) is 0 Å². The molecule has 19 heavy (non-hydrogen) atoms. The summed E-state index contributed by atoms with van der Waals surface area (Å²) in [6.45, 7) is 0. The van der Waals surface area contributed by atoms with Gasteiger partial charge in [-0.25, -0.2) is 4.39 Å². The summed E-state index contributed by atoms with van der Waals surface area (Å²) in [7, 11) is 1.43. The van der Waals surface area contributed by atoms with E-state index in [0.717, 1.165) is 5.56 Å². The van der Waals surface area contributed by atoms with Crippen molar-refractivity contribution >= 4 is 11.6 Å². The van der Waals surface area contributed by atoms with Crippen molar-refractivity contribution in [3.8, 4) is 5.75 Å². The van der Waals surface area contributed by atoms with Crippen molar-refractivity contribution in [1.29, 1.82) is 0 Å². The quantitative estimate of drug-likeness (QED) is 0.936. The number of aromatic nitrogens is 1. The zero-order valence-electron chi connectivity index (χ0n) is 10.4. The largest absolute Gasteiger partial charge is 0.494 e. The normalized spacial score (nSPS) is 12.2. The van der Waals surface area contributed by atoms with E-state index in [9.17, 15) is 4.39 Å². The van der Waals surface area contributed by atoms with Crippen LogP contribution in [0, 0.1) is 5.82 Å². The molecule has 2 aromatic rings. The number of pyridine rings is 1. The average Bonchev–Trinajstić information content (AvgIpc) is 2.41. The molecule has 2 rings (SSSR count). The highest BCUT2D eigenvalue weighted by Gasteiger charge is 2.15. The maximum atomic E-state index is 14.0. The molecule has 0 aliphatic rings. The summed E-state index contributed by atoms with van der Waals surface area (Å²) >= 11 is 6.02. The van der Waals surface area contributed by atoms with Crippen LogP contribution in [0.5, 0.6) is 5.75 Å². The lowest BCUT2D eigenvalue weighted by atomic mass is 10.00. The topological polar surface area (TPSA) is 48.1 Å². The third-order valence-corrected chi connectivity index (χ3v) is 3.22. The van der Waals surface area contributed by atoms with Crippen molar-refractivity contribution in [3.05, 3.63) is 58.6 Å². The van der Waals surface area contributed by atoms with Gasteiger partial charge in [0.15, 0.2) is 11.6 Å². The molecular formula is C14H14ClFN2O. The third kappa shape index (κ3) is 3.03. The first-order valence-electron chi connectivity index (χ1n) is 5.80. The lowest BCUT2D eigenvalue weighted by molar-refractivity contribution is 0.383. The van der Waals surface area contributed by atoms with Gasteiger partial charge in [-0.15, -0.1) is 0 Å². The SMILES string of the molecule is COc1cccc(CC(N)c2ccncc2Cl)c1F. The van der Waals surface area contributed by atoms with Crippen LogP contribution in [-0.2, 0) is 6.42 Å². The van der Waals surface area contributed by atoms with E-state index in [-0.39, 0.29) is 11.6 Å². The van der Waals surface area contributed by atoms with Crippen molar-refractivity contribution < 1.29 is 9.13 Å². The van der Waals surface area contributed by atoms with E-state index in [1.807, 2.05) is 0 Å². The fraction of sp³-hybridized carbons (Fsp3) is 0.214. The summed E-state index contributed by atoms with van der Waals surface area (Å²) in [4.78, 5) is 3.90. The van der Waals surface area contributed by atoms with Gasteiger partial charge in [0.05, 0.1) is 12.1 Å². The Morgan fingerprint density at radius 3 is 2.89 bits per heavy atom. The highest BCUT2D eigenvalue weighted by Crippen LogP contribution is 2.26. The van der Waals surface area contributed by atoms with Crippen LogP contribution in [0.15, 0.2) is 36.7 Å². The number of ether oxygens (including phenoxy) is 1. The average molecular weight is 281 g/mol. The van der Waals surface area contributed by atoms with Crippen molar-refractivity contribution in [2.24, 2.45) is 5.73 Å². The standard InChI is InChI=1S/C14H14ClFN2O/c1-19-13-4-2-3-9(14(13)16)7-12(17)10-5-6-18-8-11(10)15/h2-6,8,12H,7,17H2,1H3. The molecule has 1 aromatic carbocycles. The minimum atomic E-state index is -0.392. The van der Waals surface area contributed by atoms with Gasteiger partial charge in [-0.3, -0.25) is 4.98 Å². The van der Waals surface area contributed by atoms with Crippen molar-refractivity contribution in [2.75, 3.05) is 7.11 Å². The van der Waals surface area contributed by atoms with Gasteiger partial charge in [-0.2, -0.15) is 0 Å². The van der Waals surface area contributed by atoms with Crippen LogP contribution in [-0.4, -0.2) is 12.1 Å². The van der Waals surface area contributed by atoms with Crippen molar-refractivity contribution in [3.63, 3.8) is 0 Å². The molecule has 0 amide bonds. The van der Waals surface area contributed by atoms with Crippen molar-refractivity contribution in [1.82, 2.24) is 4.98 Å². The predicted molar refractivity (Wildman–Crippen MR) is 72.8 cm³/mol. The second-order valence-corrected chi connectivity index (χ2v) is 4.55. The monoisotopic (exact) mass is 280 g/mol. The Morgan fingerprint density at radius 2 is 2.21 bits per heavy atom. The molecule has 0 radical (unpaired) electrons. The summed E-state index contributed by atoms with van der Waals surface area (Å²) in [5.74, 6) is -0.170. The molecule has 0 bridgehead atoms. The number of nitrogens with two attached hydrogens (primary N) is 1. The summed E-state index contributed by atoms with van der Waals surface area (Å²) < 4.78 is 19.0. The van der Waals surface area contributed by atoms with Gasteiger partial charge >= 0.3 is 0 Å². The summed E-state index contributed by atoms with van der Waals surface area (Å²) in [5, 5.41) is 0.485. The summed E-state index contributed by atoms with van der Waals surface area (Å²) in [6, 6.07) is 6.34. The van der Waals surface area contributed by atoms with Gasteiger partial charge in [0.2, 0.25) is 0 Å². The van der Waals surface area contributed by atoms with E-state index in [1.165, 1.54) is 13.3 Å². The van der Waals surface area contributed by atoms with E-state index in [2.05, 4.69) is 4.98 Å². The molecule has 0 saturated carbocycles. The highest BCUT2D eigenvalue weighted by molar-refractivity contribution is 6.31. The Balaban J connectivity index is 2.24. The number of methoxy groups -OCH3 is 1. The first-order chi connectivity index (χ1) is 9.13. The maximum absolute atomic E-state index is 14.0. The number of benzene rings is 1. The molecule has 1 heterocycles. The maximum Gasteiger partial charge on any atom is 0.168 e. The summed E-state index contributed by atoms with van der Waals surface area (Å²) in [6.07, 6.45) is 3.48. The van der Waals surface area contributed by atoms with Crippen LogP contribution < -0.4 is 10.5 Å². The Hall–Kier alpha value is -1.65. The molecule has 0 aliphatic heterocycles. The molecule has 0 spiro atoms. The van der Waals surface area contributed by atoms with Crippen molar-refractivity contribution in [2.45, 2.75) is 12.5 Å². The number of hydrogen-bond acceptors (Lipinski definition) is 3. The van der Waals surface area contributed by atoms with Gasteiger partial charge in [0, 0.05) is 18.4 Å². The van der Waals surface area contributed by atoms with Gasteiger partial charge in [-0.1, -0.05) is 23.7 Å². The Morgan fingerprint density at radius 1 is 1.42 bits per heavy atom. The van der Waals surface area contributed by atoms with Gasteiger partial charge in [-0.05, 0) is 29.7 Å². The molecular weight excluding hydrogens is 267 g/mol. The molecule has 2 N–H and O–H groups in total. The second-order valence-electron chi connectivity index (χ2n) is 4.14. The van der Waals surface area contributed by atoms with Crippen LogP contribution in [0.1, 0.15) is 17.2 Å². The molecule has 1 atom stereocenters. The Kier molecular flexibility index (Phi) is 4.35. The minimum absolute atomic E-state index is 0.213. The summed E-state index contributed by atoms with van der Waals surface area (Å²) in [5.41, 5.74) is 7.32. The Labute approximate surface area is 116 Å². The smallest absolute Gasteiger partial charge is 0.168 e. The van der Waals surface area contributed by atoms with Crippen LogP contribution >= 0.6 is 11.6 Å². The van der Waals surface area contributed by atoms with Crippen LogP contribution in [0.2, 0.25) is 5.02 Å². The molecule has 3 nitrogen and oxygen atoms in total. The van der Waals surface area contributed by atoms with Crippen LogP contribution in [0.4, 0.5) is 4.39 Å². The van der Waals surface area contributed by atoms with Gasteiger partial charge < -0.3 is 10.5 Å². The van der Waals surface area contributed by atoms with E-state index in [4.69, 9.17) is 22.1 Å². The number of rotatable bonds is 4. The van der Waals surface area contributed by atoms with E-state index in [1.54, 1.807) is 30.5 Å². The van der Waals surface area contributed by atoms with E-state index >= 15 is 0 Å². The number of halogens is 2. The fourth-order valence-electron chi connectivity index (χ4n) is 1.91. The molecule has 0 saturated heterocycles. The molecule has 1 unspecified atom stereocenters. The van der Waals surface area contributed by atoms with E-state index in [0.29, 0.717) is 17.0 Å². The third-order valence-electron chi connectivity index (χ3n) is 2.91. The molecule has 0 aliphatic carbocycles. The number of nitrogens with zero attached hydrogens (tertiary/aromatic N) is 1. The van der Waals surface area contributed by atoms with Gasteiger partial charge in [0.1, 0.15) is 0 Å². The molecule has 1 aromatic heterocycles. The van der Waals surface area contributed by atoms with Crippen LogP contribution in [0.25, 0.3) is 0 Å². The second kappa shape index (κ2) is 5.99. The molecule has 100 valence electrons. The predicted octanol–water partition coefficient (Wildman–Crippen LogP) is 3.13. The zero-order valence-corrected chi connectivity index (χ0v) is 11.2. The minimum Gasteiger partial charge on any atom is -0.494 e. The first kappa shape index (κ1) is 13.8. The molecule has 0 fully saturated rings. The number of hydrogen-bond donors (Lipinski definition) is 1. The van der Waals surface area contributed by atoms with Crippen LogP contribution in [0.3, 0.4) is 0 Å². The Bertz CT molecular complexity index is 577. The molecule has 5 heteroatoms.